The lowest BCUT2D eigenvalue weighted by molar-refractivity contribution is -0.785. The summed E-state index contributed by atoms with van der Waals surface area (Å²) in [5.74, 6) is 0. The van der Waals surface area contributed by atoms with Gasteiger partial charge in [-0.3, -0.25) is 0 Å². The molecule has 0 unspecified atom stereocenters. The fourth-order valence-corrected chi connectivity index (χ4v) is 1.07. The molecule has 0 fully saturated rings. The van der Waals surface area contributed by atoms with Gasteiger partial charge in [0, 0.05) is 0 Å². The molecule has 5 nitrogen and oxygen atoms in total. The van der Waals surface area contributed by atoms with Crippen molar-refractivity contribution in [2.45, 2.75) is 13.0 Å². The Morgan fingerprint density at radius 2 is 2.55 bits per heavy atom. The van der Waals surface area contributed by atoms with Crippen LogP contribution in [0.25, 0.3) is 0 Å². The number of hydrogen-bond donors (Lipinski definition) is 2. The fourth-order valence-electron chi connectivity index (χ4n) is 0.817. The maximum Gasteiger partial charge on any atom is 0.347 e. The summed E-state index contributed by atoms with van der Waals surface area (Å²) in [6, 6.07) is 0. The second-order valence-corrected chi connectivity index (χ2v) is 2.67. The molecule has 0 saturated heterocycles. The molecule has 11 heavy (non-hydrogen) atoms. The molecule has 0 aliphatic carbocycles. The lowest BCUT2D eigenvalue weighted by Crippen LogP contribution is -2.34. The molecule has 0 aliphatic heterocycles. The van der Waals surface area contributed by atoms with Crippen molar-refractivity contribution >= 4 is 12.2 Å². The van der Waals surface area contributed by atoms with Crippen LogP contribution in [0, 0.1) is 4.77 Å². The first-order chi connectivity index (χ1) is 5.24. The third kappa shape index (κ3) is 2.09. The molecule has 0 amide bonds. The van der Waals surface area contributed by atoms with Crippen molar-refractivity contribution in [3.05, 3.63) is 4.77 Å². The topological polar surface area (TPSA) is 63.5 Å². The standard InChI is InChI=1S/C5H11N5S/c1-9-7-5(11)10(8-9)4-2-3-6/h2-4,6H2,1H3/p+1. The SMILES string of the molecule is C[n+]1nc(=S)n(CCCN)[nH]1. The van der Waals surface area contributed by atoms with Gasteiger partial charge in [0.05, 0.1) is 0 Å². The number of nitrogens with zero attached hydrogens (tertiary/aromatic N) is 3. The lowest BCUT2D eigenvalue weighted by Gasteiger charge is -1.89. The van der Waals surface area contributed by atoms with E-state index in [4.69, 9.17) is 18.0 Å². The molecule has 62 valence electrons. The maximum absolute atomic E-state index is 5.34. The Bertz CT molecular complexity index is 275. The fraction of sp³-hybridized carbons (Fsp3) is 0.800. The molecule has 0 radical (unpaired) electrons. The Morgan fingerprint density at radius 1 is 1.82 bits per heavy atom. The van der Waals surface area contributed by atoms with Crippen molar-refractivity contribution < 1.29 is 4.80 Å². The van der Waals surface area contributed by atoms with Crippen molar-refractivity contribution in [1.29, 1.82) is 0 Å². The molecule has 6 heteroatoms. The largest absolute Gasteiger partial charge is 0.347 e. The Hall–Kier alpha value is -0.750. The van der Waals surface area contributed by atoms with Gasteiger partial charge in [-0.15, -0.1) is 4.68 Å². The van der Waals surface area contributed by atoms with E-state index < -0.39 is 0 Å². The van der Waals surface area contributed by atoms with Gasteiger partial charge in [-0.05, 0) is 30.3 Å². The lowest BCUT2D eigenvalue weighted by atomic mass is 10.4. The summed E-state index contributed by atoms with van der Waals surface area (Å²) in [5, 5.41) is 6.90. The second kappa shape index (κ2) is 3.59. The molecule has 3 N–H and O–H groups in total. The summed E-state index contributed by atoms with van der Waals surface area (Å²) in [4.78, 5) is 1.58. The molecule has 1 aromatic heterocycles. The van der Waals surface area contributed by atoms with Gasteiger partial charge in [0.2, 0.25) is 0 Å². The van der Waals surface area contributed by atoms with Crippen molar-refractivity contribution in [1.82, 2.24) is 15.0 Å². The van der Waals surface area contributed by atoms with Gasteiger partial charge in [0.15, 0.2) is 0 Å². The molecule has 0 saturated carbocycles. The zero-order valence-corrected chi connectivity index (χ0v) is 7.27. The Morgan fingerprint density at radius 3 is 3.00 bits per heavy atom. The van der Waals surface area contributed by atoms with E-state index in [1.165, 1.54) is 0 Å². The zero-order chi connectivity index (χ0) is 8.27. The van der Waals surface area contributed by atoms with E-state index in [1.54, 1.807) is 16.5 Å². The molecule has 1 rings (SSSR count). The summed E-state index contributed by atoms with van der Waals surface area (Å²) in [6.45, 7) is 1.48. The van der Waals surface area contributed by atoms with Gasteiger partial charge in [0.25, 0.3) is 0 Å². The van der Waals surface area contributed by atoms with Crippen molar-refractivity contribution in [3.8, 4) is 0 Å². The van der Waals surface area contributed by atoms with E-state index in [-0.39, 0.29) is 0 Å². The van der Waals surface area contributed by atoms with Gasteiger partial charge in [0.1, 0.15) is 13.6 Å². The zero-order valence-electron chi connectivity index (χ0n) is 6.45. The van der Waals surface area contributed by atoms with Crippen LogP contribution in [0.2, 0.25) is 0 Å². The van der Waals surface area contributed by atoms with Crippen LogP contribution in [0.3, 0.4) is 0 Å². The average Bonchev–Trinajstić information content (AvgIpc) is 2.26. The van der Waals surface area contributed by atoms with Crippen LogP contribution in [-0.2, 0) is 13.6 Å². The van der Waals surface area contributed by atoms with Crippen LogP contribution in [-0.4, -0.2) is 21.5 Å². The van der Waals surface area contributed by atoms with E-state index in [9.17, 15) is 0 Å². The number of nitrogens with one attached hydrogen (secondary N) is 1. The minimum Gasteiger partial charge on any atom is -0.330 e. The number of rotatable bonds is 3. The van der Waals surface area contributed by atoms with Crippen molar-refractivity contribution in [2.75, 3.05) is 6.54 Å². The summed E-state index contributed by atoms with van der Waals surface area (Å²) < 4.78 is 2.36. The molecule has 0 aromatic carbocycles. The average molecular weight is 174 g/mol. The normalized spacial score (nSPS) is 10.4. The van der Waals surface area contributed by atoms with E-state index >= 15 is 0 Å². The molecule has 1 aromatic rings. The Labute approximate surface area is 69.8 Å². The monoisotopic (exact) mass is 174 g/mol. The quantitative estimate of drug-likeness (QED) is 0.462. The number of hydrogen-bond acceptors (Lipinski definition) is 3. The highest BCUT2D eigenvalue weighted by atomic mass is 32.1. The Balaban J connectivity index is 2.70. The van der Waals surface area contributed by atoms with Crippen LogP contribution in [0.15, 0.2) is 0 Å². The summed E-state index contributed by atoms with van der Waals surface area (Å²) >= 11 is 4.95. The second-order valence-electron chi connectivity index (χ2n) is 2.30. The Kier molecular flexibility index (Phi) is 2.72. The first kappa shape index (κ1) is 8.35. The minimum absolute atomic E-state index is 0.570. The third-order valence-electron chi connectivity index (χ3n) is 1.32. The van der Waals surface area contributed by atoms with Gasteiger partial charge in [-0.1, -0.05) is 10.0 Å². The van der Waals surface area contributed by atoms with E-state index in [2.05, 4.69) is 10.3 Å². The molecule has 1 heterocycles. The predicted molar refractivity (Wildman–Crippen MR) is 42.3 cm³/mol. The van der Waals surface area contributed by atoms with Crippen LogP contribution < -0.4 is 10.5 Å². The summed E-state index contributed by atoms with van der Waals surface area (Å²) in [6.07, 6.45) is 0.913. The number of aryl methyl sites for hydroxylation is 2. The van der Waals surface area contributed by atoms with E-state index in [0.29, 0.717) is 11.3 Å². The number of H-pyrrole nitrogens is 1. The number of aromatic amines is 1. The van der Waals surface area contributed by atoms with Crippen LogP contribution >= 0.6 is 12.2 Å². The van der Waals surface area contributed by atoms with Crippen molar-refractivity contribution in [2.24, 2.45) is 12.8 Å². The first-order valence-corrected chi connectivity index (χ1v) is 3.88. The van der Waals surface area contributed by atoms with Gasteiger partial charge in [-0.2, -0.15) is 0 Å². The maximum atomic E-state index is 5.34. The predicted octanol–water partition coefficient (Wildman–Crippen LogP) is -0.886. The van der Waals surface area contributed by atoms with Gasteiger partial charge in [-0.25, -0.2) is 0 Å². The smallest absolute Gasteiger partial charge is 0.330 e. The first-order valence-electron chi connectivity index (χ1n) is 3.47. The minimum atomic E-state index is 0.570. The van der Waals surface area contributed by atoms with E-state index in [1.807, 2.05) is 0 Å². The molecular weight excluding hydrogens is 162 g/mol. The van der Waals surface area contributed by atoms with E-state index in [0.717, 1.165) is 13.0 Å². The van der Waals surface area contributed by atoms with Crippen LogP contribution in [0.1, 0.15) is 6.42 Å². The number of aromatic nitrogens is 4. The summed E-state index contributed by atoms with van der Waals surface area (Å²) in [7, 11) is 1.80. The summed E-state index contributed by atoms with van der Waals surface area (Å²) in [5.41, 5.74) is 5.34. The highest BCUT2D eigenvalue weighted by molar-refractivity contribution is 7.71. The molecule has 0 spiro atoms. The molecular formula is C5H12N5S+. The van der Waals surface area contributed by atoms with Crippen LogP contribution in [0.4, 0.5) is 0 Å². The van der Waals surface area contributed by atoms with Gasteiger partial charge >= 0.3 is 4.77 Å². The highest BCUT2D eigenvalue weighted by Gasteiger charge is 2.03. The number of tetrazole rings is 1. The molecule has 0 bridgehead atoms. The molecule has 0 atom stereocenters. The third-order valence-corrected chi connectivity index (χ3v) is 1.62. The number of nitrogens with two attached hydrogens (primary N) is 1. The van der Waals surface area contributed by atoms with Gasteiger partial charge < -0.3 is 5.73 Å². The van der Waals surface area contributed by atoms with Crippen LogP contribution in [0.5, 0.6) is 0 Å². The highest BCUT2D eigenvalue weighted by Crippen LogP contribution is 1.84. The van der Waals surface area contributed by atoms with Crippen molar-refractivity contribution in [3.63, 3.8) is 0 Å². The molecule has 0 aliphatic rings.